The second-order valence-corrected chi connectivity index (χ2v) is 4.96. The van der Waals surface area contributed by atoms with Crippen molar-refractivity contribution in [3.8, 4) is 0 Å². The standard InChI is InChI=1S/C12H26N2O/c1-10(8-13)9-14(2)11-5-4-6-12(7-11)15-3/h10-12H,4-9,13H2,1-3H3. The molecule has 90 valence electrons. The van der Waals surface area contributed by atoms with Crippen LogP contribution >= 0.6 is 0 Å². The highest BCUT2D eigenvalue weighted by atomic mass is 16.5. The molecular formula is C12H26N2O. The van der Waals surface area contributed by atoms with E-state index in [4.69, 9.17) is 10.5 Å². The second kappa shape index (κ2) is 6.46. The van der Waals surface area contributed by atoms with Crippen LogP contribution in [0.4, 0.5) is 0 Å². The average molecular weight is 214 g/mol. The van der Waals surface area contributed by atoms with Gasteiger partial charge in [-0.05, 0) is 45.2 Å². The smallest absolute Gasteiger partial charge is 0.0586 e. The molecule has 3 nitrogen and oxygen atoms in total. The van der Waals surface area contributed by atoms with Gasteiger partial charge in [0.25, 0.3) is 0 Å². The van der Waals surface area contributed by atoms with E-state index in [0.29, 0.717) is 18.1 Å². The maximum atomic E-state index is 5.65. The molecule has 3 atom stereocenters. The second-order valence-electron chi connectivity index (χ2n) is 4.96. The number of ether oxygens (including phenoxy) is 1. The summed E-state index contributed by atoms with van der Waals surface area (Å²) in [5.41, 5.74) is 5.65. The van der Waals surface area contributed by atoms with Crippen molar-refractivity contribution in [2.45, 2.75) is 44.8 Å². The van der Waals surface area contributed by atoms with Crippen molar-refractivity contribution in [3.63, 3.8) is 0 Å². The molecule has 1 aliphatic rings. The Hall–Kier alpha value is -0.120. The Morgan fingerprint density at radius 2 is 2.20 bits per heavy atom. The molecule has 0 saturated heterocycles. The average Bonchev–Trinajstić information content (AvgIpc) is 2.28. The van der Waals surface area contributed by atoms with Gasteiger partial charge in [0, 0.05) is 19.7 Å². The van der Waals surface area contributed by atoms with Gasteiger partial charge >= 0.3 is 0 Å². The van der Waals surface area contributed by atoms with E-state index in [1.54, 1.807) is 0 Å². The third kappa shape index (κ3) is 4.09. The lowest BCUT2D eigenvalue weighted by Gasteiger charge is -2.35. The van der Waals surface area contributed by atoms with E-state index in [9.17, 15) is 0 Å². The number of methoxy groups -OCH3 is 1. The first-order valence-corrected chi connectivity index (χ1v) is 6.10. The molecule has 0 spiro atoms. The summed E-state index contributed by atoms with van der Waals surface area (Å²) in [5, 5.41) is 0. The lowest BCUT2D eigenvalue weighted by atomic mass is 9.91. The quantitative estimate of drug-likeness (QED) is 0.753. The summed E-state index contributed by atoms with van der Waals surface area (Å²) in [7, 11) is 4.05. The third-order valence-electron chi connectivity index (χ3n) is 3.56. The molecule has 0 aromatic rings. The van der Waals surface area contributed by atoms with E-state index in [2.05, 4.69) is 18.9 Å². The van der Waals surface area contributed by atoms with Gasteiger partial charge in [0.05, 0.1) is 6.10 Å². The molecule has 0 radical (unpaired) electrons. The van der Waals surface area contributed by atoms with Crippen molar-refractivity contribution in [1.82, 2.24) is 4.90 Å². The number of rotatable bonds is 5. The fourth-order valence-electron chi connectivity index (χ4n) is 2.45. The Labute approximate surface area is 94.0 Å². The highest BCUT2D eigenvalue weighted by Gasteiger charge is 2.25. The van der Waals surface area contributed by atoms with Gasteiger partial charge in [-0.1, -0.05) is 6.92 Å². The molecule has 0 amide bonds. The number of nitrogens with zero attached hydrogens (tertiary/aromatic N) is 1. The van der Waals surface area contributed by atoms with Crippen molar-refractivity contribution >= 4 is 0 Å². The van der Waals surface area contributed by atoms with Gasteiger partial charge in [-0.25, -0.2) is 0 Å². The Kier molecular flexibility index (Phi) is 5.58. The molecule has 0 bridgehead atoms. The number of hydrogen-bond donors (Lipinski definition) is 1. The molecule has 0 aromatic heterocycles. The van der Waals surface area contributed by atoms with Crippen LogP contribution in [0.25, 0.3) is 0 Å². The van der Waals surface area contributed by atoms with Crippen LogP contribution in [0.5, 0.6) is 0 Å². The van der Waals surface area contributed by atoms with Gasteiger partial charge in [-0.3, -0.25) is 0 Å². The summed E-state index contributed by atoms with van der Waals surface area (Å²) in [6.07, 6.45) is 5.50. The minimum absolute atomic E-state index is 0.472. The van der Waals surface area contributed by atoms with Gasteiger partial charge in [-0.15, -0.1) is 0 Å². The Bertz CT molecular complexity index is 175. The molecule has 1 saturated carbocycles. The van der Waals surface area contributed by atoms with E-state index in [-0.39, 0.29) is 0 Å². The van der Waals surface area contributed by atoms with Gasteiger partial charge in [-0.2, -0.15) is 0 Å². The van der Waals surface area contributed by atoms with Crippen LogP contribution in [0.2, 0.25) is 0 Å². The largest absolute Gasteiger partial charge is 0.381 e. The Morgan fingerprint density at radius 1 is 1.47 bits per heavy atom. The van der Waals surface area contributed by atoms with Crippen LogP contribution in [-0.4, -0.2) is 44.3 Å². The normalized spacial score (nSPS) is 29.4. The van der Waals surface area contributed by atoms with Gasteiger partial charge < -0.3 is 15.4 Å². The van der Waals surface area contributed by atoms with Gasteiger partial charge in [0.15, 0.2) is 0 Å². The van der Waals surface area contributed by atoms with Crippen LogP contribution in [0.3, 0.4) is 0 Å². The number of hydrogen-bond acceptors (Lipinski definition) is 3. The third-order valence-corrected chi connectivity index (χ3v) is 3.56. The lowest BCUT2D eigenvalue weighted by molar-refractivity contribution is 0.0319. The first-order valence-electron chi connectivity index (χ1n) is 6.10. The predicted molar refractivity (Wildman–Crippen MR) is 63.9 cm³/mol. The fourth-order valence-corrected chi connectivity index (χ4v) is 2.45. The molecule has 0 aliphatic heterocycles. The van der Waals surface area contributed by atoms with Crippen LogP contribution in [0, 0.1) is 5.92 Å². The maximum absolute atomic E-state index is 5.65. The monoisotopic (exact) mass is 214 g/mol. The van der Waals surface area contributed by atoms with E-state index in [1.165, 1.54) is 25.7 Å². The predicted octanol–water partition coefficient (Wildman–Crippen LogP) is 1.47. The van der Waals surface area contributed by atoms with Crippen molar-refractivity contribution in [2.24, 2.45) is 11.7 Å². The van der Waals surface area contributed by atoms with Crippen LogP contribution in [-0.2, 0) is 4.74 Å². The van der Waals surface area contributed by atoms with Gasteiger partial charge in [0.1, 0.15) is 0 Å². The summed E-state index contributed by atoms with van der Waals surface area (Å²) in [6, 6.07) is 0.692. The minimum atomic E-state index is 0.472. The Morgan fingerprint density at radius 3 is 2.80 bits per heavy atom. The molecule has 3 heteroatoms. The molecular weight excluding hydrogens is 188 g/mol. The summed E-state index contributed by atoms with van der Waals surface area (Å²) in [5.74, 6) is 0.595. The molecule has 1 fully saturated rings. The Balaban J connectivity index is 2.34. The zero-order valence-electron chi connectivity index (χ0n) is 10.4. The summed E-state index contributed by atoms with van der Waals surface area (Å²) in [6.45, 7) is 4.11. The van der Waals surface area contributed by atoms with Crippen LogP contribution in [0.1, 0.15) is 32.6 Å². The molecule has 1 rings (SSSR count). The molecule has 3 unspecified atom stereocenters. The molecule has 15 heavy (non-hydrogen) atoms. The summed E-state index contributed by atoms with van der Waals surface area (Å²) in [4.78, 5) is 2.46. The molecule has 2 N–H and O–H groups in total. The SMILES string of the molecule is COC1CCCC(N(C)CC(C)CN)C1. The number of nitrogens with two attached hydrogens (primary N) is 1. The minimum Gasteiger partial charge on any atom is -0.381 e. The maximum Gasteiger partial charge on any atom is 0.0586 e. The van der Waals surface area contributed by atoms with Crippen molar-refractivity contribution in [2.75, 3.05) is 27.2 Å². The topological polar surface area (TPSA) is 38.5 Å². The first-order chi connectivity index (χ1) is 7.17. The van der Waals surface area contributed by atoms with E-state index < -0.39 is 0 Å². The van der Waals surface area contributed by atoms with E-state index in [1.807, 2.05) is 7.11 Å². The molecule has 0 heterocycles. The summed E-state index contributed by atoms with van der Waals surface area (Å²) >= 11 is 0. The fraction of sp³-hybridized carbons (Fsp3) is 1.00. The van der Waals surface area contributed by atoms with Crippen molar-refractivity contribution in [1.29, 1.82) is 0 Å². The van der Waals surface area contributed by atoms with E-state index >= 15 is 0 Å². The lowest BCUT2D eigenvalue weighted by Crippen LogP contribution is -2.41. The highest BCUT2D eigenvalue weighted by Crippen LogP contribution is 2.24. The zero-order chi connectivity index (χ0) is 11.3. The molecule has 0 aromatic carbocycles. The zero-order valence-corrected chi connectivity index (χ0v) is 10.4. The van der Waals surface area contributed by atoms with Crippen molar-refractivity contribution < 1.29 is 4.74 Å². The van der Waals surface area contributed by atoms with Crippen LogP contribution in [0.15, 0.2) is 0 Å². The summed E-state index contributed by atoms with van der Waals surface area (Å²) < 4.78 is 5.45. The van der Waals surface area contributed by atoms with Crippen molar-refractivity contribution in [3.05, 3.63) is 0 Å². The van der Waals surface area contributed by atoms with Crippen LogP contribution < -0.4 is 5.73 Å². The highest BCUT2D eigenvalue weighted by molar-refractivity contribution is 4.80. The first kappa shape index (κ1) is 12.9. The van der Waals surface area contributed by atoms with E-state index in [0.717, 1.165) is 13.1 Å². The molecule has 1 aliphatic carbocycles. The van der Waals surface area contributed by atoms with Gasteiger partial charge in [0.2, 0.25) is 0 Å².